The average molecular weight is 386 g/mol. The number of aryl methyl sites for hydroxylation is 1. The number of alkyl halides is 2. The fraction of sp³-hybridized carbons (Fsp3) is 0.474. The van der Waals surface area contributed by atoms with Crippen LogP contribution in [0.25, 0.3) is 5.57 Å². The fourth-order valence-corrected chi connectivity index (χ4v) is 4.24. The molecule has 1 aliphatic carbocycles. The summed E-state index contributed by atoms with van der Waals surface area (Å²) in [5, 5.41) is 7.22. The number of nitrogens with zero attached hydrogens (tertiary/aromatic N) is 5. The van der Waals surface area contributed by atoms with Crippen molar-refractivity contribution in [2.45, 2.75) is 43.7 Å². The van der Waals surface area contributed by atoms with Crippen LogP contribution in [-0.2, 0) is 11.8 Å². The van der Waals surface area contributed by atoms with Crippen LogP contribution in [0.2, 0.25) is 0 Å². The lowest BCUT2D eigenvalue weighted by Crippen LogP contribution is -2.44. The first kappa shape index (κ1) is 17.3. The van der Waals surface area contributed by atoms with Gasteiger partial charge in [0.1, 0.15) is 5.92 Å². The van der Waals surface area contributed by atoms with E-state index in [0.717, 1.165) is 29.8 Å². The van der Waals surface area contributed by atoms with Gasteiger partial charge < -0.3 is 10.2 Å². The molecule has 3 atom stereocenters. The topological polar surface area (TPSA) is 75.9 Å². The number of rotatable bonds is 4. The van der Waals surface area contributed by atoms with Crippen molar-refractivity contribution in [3.63, 3.8) is 0 Å². The smallest absolute Gasteiger partial charge is 0.260 e. The van der Waals surface area contributed by atoms with Crippen molar-refractivity contribution >= 4 is 23.1 Å². The van der Waals surface area contributed by atoms with Crippen LogP contribution in [0.3, 0.4) is 0 Å². The minimum Gasteiger partial charge on any atom is -0.332 e. The molecule has 1 N–H and O–H groups in total. The van der Waals surface area contributed by atoms with Gasteiger partial charge in [-0.1, -0.05) is 6.08 Å². The average Bonchev–Trinajstić information content (AvgIpc) is 2.96. The number of hydrogen-bond donors (Lipinski definition) is 1. The van der Waals surface area contributed by atoms with Gasteiger partial charge in [0.25, 0.3) is 5.92 Å². The second-order valence-electron chi connectivity index (χ2n) is 7.75. The monoisotopic (exact) mass is 386 g/mol. The number of aromatic nitrogens is 4. The molecule has 2 aromatic rings. The number of fused-ring (bicyclic) bond motifs is 2. The molecule has 7 nitrogen and oxygen atoms in total. The summed E-state index contributed by atoms with van der Waals surface area (Å²) >= 11 is 0. The summed E-state index contributed by atoms with van der Waals surface area (Å²) in [5.41, 5.74) is 2.62. The molecule has 2 bridgehead atoms. The zero-order valence-corrected chi connectivity index (χ0v) is 15.3. The van der Waals surface area contributed by atoms with E-state index in [2.05, 4.69) is 20.4 Å². The molecule has 3 aliphatic rings. The Morgan fingerprint density at radius 3 is 2.86 bits per heavy atom. The molecule has 1 amide bonds. The van der Waals surface area contributed by atoms with Gasteiger partial charge in [0.2, 0.25) is 11.9 Å². The number of amides is 1. The van der Waals surface area contributed by atoms with Crippen LogP contribution in [0.5, 0.6) is 0 Å². The van der Waals surface area contributed by atoms with Crippen molar-refractivity contribution in [2.24, 2.45) is 13.0 Å². The molecule has 9 heteroatoms. The number of carbonyl (C=O) groups is 1. The maximum absolute atomic E-state index is 13.4. The van der Waals surface area contributed by atoms with E-state index in [1.54, 1.807) is 22.0 Å². The molecule has 0 spiro atoms. The van der Waals surface area contributed by atoms with E-state index in [1.807, 2.05) is 25.4 Å². The van der Waals surface area contributed by atoms with Crippen LogP contribution < -0.4 is 5.32 Å². The van der Waals surface area contributed by atoms with Crippen LogP contribution in [-0.4, -0.2) is 48.6 Å². The van der Waals surface area contributed by atoms with Gasteiger partial charge in [-0.2, -0.15) is 5.10 Å². The quantitative estimate of drug-likeness (QED) is 0.875. The number of nitrogens with one attached hydrogen (secondary N) is 1. The maximum atomic E-state index is 13.4. The second kappa shape index (κ2) is 6.08. The summed E-state index contributed by atoms with van der Waals surface area (Å²) in [4.78, 5) is 23.0. The van der Waals surface area contributed by atoms with Crippen molar-refractivity contribution < 1.29 is 13.6 Å². The number of halogens is 2. The Bertz CT molecular complexity index is 971. The van der Waals surface area contributed by atoms with Gasteiger partial charge in [-0.25, -0.2) is 18.7 Å². The minimum atomic E-state index is -2.82. The normalized spacial score (nSPS) is 27.5. The van der Waals surface area contributed by atoms with Crippen LogP contribution in [0.15, 0.2) is 30.7 Å². The first-order chi connectivity index (χ1) is 13.4. The van der Waals surface area contributed by atoms with Crippen LogP contribution >= 0.6 is 0 Å². The lowest BCUT2D eigenvalue weighted by molar-refractivity contribution is -0.137. The third-order valence-corrected chi connectivity index (χ3v) is 5.72. The summed E-state index contributed by atoms with van der Waals surface area (Å²) in [5.74, 6) is -3.87. The van der Waals surface area contributed by atoms with Gasteiger partial charge in [-0.15, -0.1) is 0 Å². The lowest BCUT2D eigenvalue weighted by atomic mass is 9.98. The Morgan fingerprint density at radius 1 is 1.36 bits per heavy atom. The van der Waals surface area contributed by atoms with Crippen LogP contribution in [0.1, 0.15) is 31.4 Å². The SMILES string of the molecule is Cn1cc(Nc2nccc(C3=CC4CCC(C3)N4C(=O)C3CC3(F)F)n2)cn1. The van der Waals surface area contributed by atoms with Crippen LogP contribution in [0.4, 0.5) is 20.4 Å². The van der Waals surface area contributed by atoms with Crippen molar-refractivity contribution in [3.8, 4) is 0 Å². The zero-order chi connectivity index (χ0) is 19.5. The van der Waals surface area contributed by atoms with Crippen LogP contribution in [0, 0.1) is 5.92 Å². The highest BCUT2D eigenvalue weighted by molar-refractivity contribution is 5.85. The molecule has 1 saturated heterocycles. The summed E-state index contributed by atoms with van der Waals surface area (Å²) in [6, 6.07) is 1.69. The van der Waals surface area contributed by atoms with Gasteiger partial charge in [-0.05, 0) is 30.9 Å². The molecule has 0 aromatic carbocycles. The molecule has 3 unspecified atom stereocenters. The molecular formula is C19H20F2N6O. The van der Waals surface area contributed by atoms with E-state index in [1.165, 1.54) is 0 Å². The predicted molar refractivity (Wildman–Crippen MR) is 97.8 cm³/mol. The zero-order valence-electron chi connectivity index (χ0n) is 15.3. The predicted octanol–water partition coefficient (Wildman–Crippen LogP) is 2.76. The Hall–Kier alpha value is -2.84. The molecule has 0 radical (unpaired) electrons. The maximum Gasteiger partial charge on any atom is 0.260 e. The Kier molecular flexibility index (Phi) is 3.75. The Balaban J connectivity index is 1.36. The Labute approximate surface area is 160 Å². The minimum absolute atomic E-state index is 0.0291. The van der Waals surface area contributed by atoms with E-state index in [9.17, 15) is 13.6 Å². The summed E-state index contributed by atoms with van der Waals surface area (Å²) < 4.78 is 28.4. The standard InChI is InChI=1S/C19H20F2N6O/c1-26-10-12(9-23-26)24-18-22-5-4-16(25-18)11-6-13-2-3-14(7-11)27(13)17(28)15-8-19(15,20)21/h4-6,9-10,13-15H,2-3,7-8H2,1H3,(H,22,24,25). The van der Waals surface area contributed by atoms with Crippen molar-refractivity contribution in [1.82, 2.24) is 24.6 Å². The van der Waals surface area contributed by atoms with E-state index in [4.69, 9.17) is 0 Å². The van der Waals surface area contributed by atoms with Crippen molar-refractivity contribution in [1.29, 1.82) is 0 Å². The van der Waals surface area contributed by atoms with Crippen molar-refractivity contribution in [3.05, 3.63) is 36.4 Å². The molecule has 146 valence electrons. The van der Waals surface area contributed by atoms with E-state index >= 15 is 0 Å². The van der Waals surface area contributed by atoms with E-state index in [-0.39, 0.29) is 18.5 Å². The third kappa shape index (κ3) is 2.94. The number of hydrogen-bond acceptors (Lipinski definition) is 5. The lowest BCUT2D eigenvalue weighted by Gasteiger charge is -2.34. The number of anilines is 2. The highest BCUT2D eigenvalue weighted by Crippen LogP contribution is 2.51. The highest BCUT2D eigenvalue weighted by atomic mass is 19.3. The summed E-state index contributed by atoms with van der Waals surface area (Å²) in [6.45, 7) is 0. The third-order valence-electron chi connectivity index (χ3n) is 5.72. The van der Waals surface area contributed by atoms with Gasteiger partial charge in [0.05, 0.1) is 23.6 Å². The largest absolute Gasteiger partial charge is 0.332 e. The first-order valence-electron chi connectivity index (χ1n) is 9.40. The highest BCUT2D eigenvalue weighted by Gasteiger charge is 2.63. The molecule has 2 fully saturated rings. The molecular weight excluding hydrogens is 366 g/mol. The molecule has 2 aromatic heterocycles. The molecule has 4 heterocycles. The molecule has 28 heavy (non-hydrogen) atoms. The van der Waals surface area contributed by atoms with Crippen molar-refractivity contribution in [2.75, 3.05) is 5.32 Å². The van der Waals surface area contributed by atoms with Gasteiger partial charge in [0.15, 0.2) is 0 Å². The van der Waals surface area contributed by atoms with E-state index in [0.29, 0.717) is 12.4 Å². The summed E-state index contributed by atoms with van der Waals surface area (Å²) in [7, 11) is 1.83. The second-order valence-corrected chi connectivity index (χ2v) is 7.75. The Morgan fingerprint density at radius 2 is 2.18 bits per heavy atom. The van der Waals surface area contributed by atoms with Gasteiger partial charge in [0, 0.05) is 31.9 Å². The molecule has 2 aliphatic heterocycles. The van der Waals surface area contributed by atoms with Gasteiger partial charge >= 0.3 is 0 Å². The van der Waals surface area contributed by atoms with Gasteiger partial charge in [-0.3, -0.25) is 9.48 Å². The number of carbonyl (C=O) groups excluding carboxylic acids is 1. The molecule has 1 saturated carbocycles. The van der Waals surface area contributed by atoms with E-state index < -0.39 is 17.7 Å². The fourth-order valence-electron chi connectivity index (χ4n) is 4.24. The molecule has 5 rings (SSSR count). The first-order valence-corrected chi connectivity index (χ1v) is 9.40. The summed E-state index contributed by atoms with van der Waals surface area (Å²) in [6.07, 6.45) is 9.17.